The van der Waals surface area contributed by atoms with E-state index in [1.165, 1.54) is 12.0 Å². The third-order valence-electron chi connectivity index (χ3n) is 4.96. The second-order valence-corrected chi connectivity index (χ2v) is 6.67. The van der Waals surface area contributed by atoms with Crippen LogP contribution < -0.4 is 0 Å². The summed E-state index contributed by atoms with van der Waals surface area (Å²) in [6.07, 6.45) is 4.31. The molecular weight excluding hydrogens is 288 g/mol. The van der Waals surface area contributed by atoms with Crippen LogP contribution >= 0.6 is 0 Å². The minimum Gasteiger partial charge on any atom is -0.381 e. The maximum atomic E-state index is 12.5. The van der Waals surface area contributed by atoms with E-state index in [1.807, 2.05) is 0 Å². The normalized spacial score (nSPS) is 23.0. The number of ether oxygens (including phenoxy) is 1. The quantitative estimate of drug-likeness (QED) is 0.835. The molecule has 2 heterocycles. The fourth-order valence-electron chi connectivity index (χ4n) is 3.55. The Hall–Kier alpha value is -1.39. The first-order chi connectivity index (χ1) is 11.3. The van der Waals surface area contributed by atoms with E-state index in [-0.39, 0.29) is 5.92 Å². The number of carbonyl (C=O) groups excluding carboxylic acids is 1. The Balaban J connectivity index is 1.40. The molecule has 0 saturated carbocycles. The highest BCUT2D eigenvalue weighted by atomic mass is 16.5. The van der Waals surface area contributed by atoms with Crippen LogP contribution in [0.15, 0.2) is 30.3 Å². The highest BCUT2D eigenvalue weighted by molar-refractivity contribution is 5.79. The molecule has 2 fully saturated rings. The van der Waals surface area contributed by atoms with Crippen LogP contribution in [0.25, 0.3) is 0 Å². The summed E-state index contributed by atoms with van der Waals surface area (Å²) in [7, 11) is 0. The molecule has 4 heteroatoms. The van der Waals surface area contributed by atoms with E-state index in [0.29, 0.717) is 12.5 Å². The Morgan fingerprint density at radius 1 is 1.13 bits per heavy atom. The van der Waals surface area contributed by atoms with Crippen molar-refractivity contribution in [2.75, 3.05) is 45.9 Å². The maximum absolute atomic E-state index is 12.5. The van der Waals surface area contributed by atoms with Crippen molar-refractivity contribution >= 4 is 5.91 Å². The van der Waals surface area contributed by atoms with Crippen LogP contribution in [0.5, 0.6) is 0 Å². The molecule has 23 heavy (non-hydrogen) atoms. The number of hydrogen-bond acceptors (Lipinski definition) is 3. The first-order valence-corrected chi connectivity index (χ1v) is 8.96. The fraction of sp³-hybridized carbons (Fsp3) is 0.632. The summed E-state index contributed by atoms with van der Waals surface area (Å²) in [6.45, 7) is 6.40. The van der Waals surface area contributed by atoms with Crippen LogP contribution in [0.1, 0.15) is 24.8 Å². The lowest BCUT2D eigenvalue weighted by atomic mass is 10.1. The summed E-state index contributed by atoms with van der Waals surface area (Å²) in [4.78, 5) is 17.1. The molecular formula is C19H28N2O2. The van der Waals surface area contributed by atoms with E-state index in [9.17, 15) is 4.79 Å². The van der Waals surface area contributed by atoms with Crippen molar-refractivity contribution < 1.29 is 9.53 Å². The number of hydrogen-bond donors (Lipinski definition) is 0. The second kappa shape index (κ2) is 8.46. The number of amides is 1. The van der Waals surface area contributed by atoms with Gasteiger partial charge in [-0.2, -0.15) is 0 Å². The van der Waals surface area contributed by atoms with Crippen LogP contribution in [0.3, 0.4) is 0 Å². The third kappa shape index (κ3) is 4.79. The molecule has 0 aliphatic carbocycles. The first kappa shape index (κ1) is 16.5. The number of nitrogens with zero attached hydrogens (tertiary/aromatic N) is 2. The van der Waals surface area contributed by atoms with E-state index in [1.54, 1.807) is 0 Å². The predicted octanol–water partition coefficient (Wildman–Crippen LogP) is 2.19. The molecule has 3 rings (SSSR count). The fourth-order valence-corrected chi connectivity index (χ4v) is 3.55. The standard InChI is InChI=1S/C19H28N2O2/c22-19(18-9-15-23-16-18)21-12-5-11-20(13-14-21)10-4-8-17-6-2-1-3-7-17/h1-3,6-7,18H,4-5,8-16H2/t18-/m0/s1. The average Bonchev–Trinajstić information content (AvgIpc) is 3.02. The smallest absolute Gasteiger partial charge is 0.228 e. The van der Waals surface area contributed by atoms with E-state index >= 15 is 0 Å². The van der Waals surface area contributed by atoms with E-state index in [4.69, 9.17) is 4.74 Å². The maximum Gasteiger partial charge on any atom is 0.228 e. The number of rotatable bonds is 5. The zero-order valence-electron chi connectivity index (χ0n) is 14.0. The van der Waals surface area contributed by atoms with Gasteiger partial charge in [-0.25, -0.2) is 0 Å². The van der Waals surface area contributed by atoms with Crippen molar-refractivity contribution in [2.45, 2.75) is 25.7 Å². The van der Waals surface area contributed by atoms with Gasteiger partial charge in [-0.1, -0.05) is 30.3 Å². The van der Waals surface area contributed by atoms with Crippen molar-refractivity contribution in [3.05, 3.63) is 35.9 Å². The van der Waals surface area contributed by atoms with Gasteiger partial charge in [-0.05, 0) is 44.3 Å². The Labute approximate surface area is 139 Å². The Bertz CT molecular complexity index is 485. The number of aryl methyl sites for hydroxylation is 1. The van der Waals surface area contributed by atoms with Gasteiger partial charge in [0.1, 0.15) is 0 Å². The molecule has 0 radical (unpaired) electrons. The van der Waals surface area contributed by atoms with Gasteiger partial charge in [-0.15, -0.1) is 0 Å². The van der Waals surface area contributed by atoms with Crippen molar-refractivity contribution in [2.24, 2.45) is 5.92 Å². The molecule has 0 spiro atoms. The molecule has 2 aliphatic rings. The summed E-state index contributed by atoms with van der Waals surface area (Å²) in [5, 5.41) is 0. The van der Waals surface area contributed by atoms with Gasteiger partial charge >= 0.3 is 0 Å². The van der Waals surface area contributed by atoms with Crippen LogP contribution in [-0.4, -0.2) is 61.6 Å². The van der Waals surface area contributed by atoms with Crippen molar-refractivity contribution in [3.8, 4) is 0 Å². The highest BCUT2D eigenvalue weighted by Gasteiger charge is 2.28. The molecule has 0 aromatic heterocycles. The molecule has 0 unspecified atom stereocenters. The van der Waals surface area contributed by atoms with Crippen molar-refractivity contribution in [1.29, 1.82) is 0 Å². The van der Waals surface area contributed by atoms with Crippen molar-refractivity contribution in [1.82, 2.24) is 9.80 Å². The monoisotopic (exact) mass is 316 g/mol. The lowest BCUT2D eigenvalue weighted by Crippen LogP contribution is -2.39. The zero-order chi connectivity index (χ0) is 15.9. The summed E-state index contributed by atoms with van der Waals surface area (Å²) < 4.78 is 5.36. The average molecular weight is 316 g/mol. The predicted molar refractivity (Wildman–Crippen MR) is 91.3 cm³/mol. The van der Waals surface area contributed by atoms with Crippen LogP contribution in [0.4, 0.5) is 0 Å². The van der Waals surface area contributed by atoms with Crippen LogP contribution in [0, 0.1) is 5.92 Å². The summed E-state index contributed by atoms with van der Waals surface area (Å²) >= 11 is 0. The van der Waals surface area contributed by atoms with Gasteiger partial charge in [0.05, 0.1) is 12.5 Å². The van der Waals surface area contributed by atoms with E-state index < -0.39 is 0 Å². The summed E-state index contributed by atoms with van der Waals surface area (Å²) in [5.41, 5.74) is 1.42. The Morgan fingerprint density at radius 2 is 2.00 bits per heavy atom. The highest BCUT2D eigenvalue weighted by Crippen LogP contribution is 2.17. The van der Waals surface area contributed by atoms with Gasteiger partial charge in [0.25, 0.3) is 0 Å². The minimum atomic E-state index is 0.111. The molecule has 1 aromatic rings. The van der Waals surface area contributed by atoms with Gasteiger partial charge in [0, 0.05) is 26.2 Å². The number of carbonyl (C=O) groups is 1. The molecule has 1 atom stereocenters. The largest absolute Gasteiger partial charge is 0.381 e. The van der Waals surface area contributed by atoms with Crippen molar-refractivity contribution in [3.63, 3.8) is 0 Å². The lowest BCUT2D eigenvalue weighted by Gasteiger charge is -2.24. The third-order valence-corrected chi connectivity index (χ3v) is 4.96. The summed E-state index contributed by atoms with van der Waals surface area (Å²) in [6, 6.07) is 10.7. The van der Waals surface area contributed by atoms with Gasteiger partial charge < -0.3 is 14.5 Å². The van der Waals surface area contributed by atoms with E-state index in [2.05, 4.69) is 40.1 Å². The molecule has 4 nitrogen and oxygen atoms in total. The molecule has 126 valence electrons. The second-order valence-electron chi connectivity index (χ2n) is 6.67. The molecule has 1 amide bonds. The topological polar surface area (TPSA) is 32.8 Å². The number of benzene rings is 1. The molecule has 1 aromatic carbocycles. The molecule has 2 aliphatic heterocycles. The molecule has 0 bridgehead atoms. The van der Waals surface area contributed by atoms with Crippen LogP contribution in [0.2, 0.25) is 0 Å². The Kier molecular flexibility index (Phi) is 6.06. The van der Waals surface area contributed by atoms with E-state index in [0.717, 1.165) is 58.6 Å². The molecule has 0 N–H and O–H groups in total. The minimum absolute atomic E-state index is 0.111. The van der Waals surface area contributed by atoms with Gasteiger partial charge in [0.2, 0.25) is 5.91 Å². The van der Waals surface area contributed by atoms with Crippen LogP contribution in [-0.2, 0) is 16.0 Å². The summed E-state index contributed by atoms with van der Waals surface area (Å²) in [5.74, 6) is 0.424. The SMILES string of the molecule is O=C([C@H]1CCOC1)N1CCCN(CCCc2ccccc2)CC1. The van der Waals surface area contributed by atoms with Gasteiger partial charge in [0.15, 0.2) is 0 Å². The van der Waals surface area contributed by atoms with Gasteiger partial charge in [-0.3, -0.25) is 4.79 Å². The molecule has 2 saturated heterocycles. The first-order valence-electron chi connectivity index (χ1n) is 8.96. The zero-order valence-corrected chi connectivity index (χ0v) is 14.0. The lowest BCUT2D eigenvalue weighted by molar-refractivity contribution is -0.135. The Morgan fingerprint density at radius 3 is 2.78 bits per heavy atom.